The smallest absolute Gasteiger partial charge is 0.352 e. The molecule has 0 radical (unpaired) electrons. The Bertz CT molecular complexity index is 471. The van der Waals surface area contributed by atoms with E-state index in [1.165, 1.54) is 6.07 Å². The minimum atomic E-state index is -0.997. The standard InChI is InChI=1S/C8H8N4O2/c1-4-9-7(12-11-4)5-2-3-6(10-5)8(13)14/h2-3,10H,1H3,(H,13,14)(H,9,11,12). The molecule has 0 aliphatic heterocycles. The molecule has 0 bridgehead atoms. The predicted octanol–water partition coefficient (Wildman–Crippen LogP) is 0.806. The van der Waals surface area contributed by atoms with Crippen LogP contribution in [-0.2, 0) is 0 Å². The van der Waals surface area contributed by atoms with E-state index in [-0.39, 0.29) is 5.69 Å². The van der Waals surface area contributed by atoms with Gasteiger partial charge in [-0.3, -0.25) is 5.10 Å². The van der Waals surface area contributed by atoms with E-state index >= 15 is 0 Å². The normalized spacial score (nSPS) is 10.4. The number of carboxylic acid groups (broad SMARTS) is 1. The highest BCUT2D eigenvalue weighted by atomic mass is 16.4. The largest absolute Gasteiger partial charge is 0.477 e. The molecular weight excluding hydrogens is 184 g/mol. The van der Waals surface area contributed by atoms with E-state index in [1.807, 2.05) is 0 Å². The van der Waals surface area contributed by atoms with E-state index in [0.717, 1.165) is 0 Å². The van der Waals surface area contributed by atoms with Crippen LogP contribution in [0.5, 0.6) is 0 Å². The molecule has 0 saturated carbocycles. The van der Waals surface area contributed by atoms with E-state index < -0.39 is 5.97 Å². The van der Waals surface area contributed by atoms with E-state index in [0.29, 0.717) is 17.3 Å². The summed E-state index contributed by atoms with van der Waals surface area (Å²) < 4.78 is 0. The van der Waals surface area contributed by atoms with Gasteiger partial charge in [0, 0.05) is 0 Å². The quantitative estimate of drug-likeness (QED) is 0.656. The van der Waals surface area contributed by atoms with Crippen LogP contribution < -0.4 is 0 Å². The highest BCUT2D eigenvalue weighted by Gasteiger charge is 2.09. The molecule has 6 heteroatoms. The van der Waals surface area contributed by atoms with Gasteiger partial charge in [-0.05, 0) is 19.1 Å². The van der Waals surface area contributed by atoms with Crippen molar-refractivity contribution in [3.05, 3.63) is 23.7 Å². The summed E-state index contributed by atoms with van der Waals surface area (Å²) in [5, 5.41) is 15.2. The Hall–Kier alpha value is -2.11. The van der Waals surface area contributed by atoms with Crippen LogP contribution in [0.3, 0.4) is 0 Å². The third kappa shape index (κ3) is 1.37. The zero-order chi connectivity index (χ0) is 10.1. The lowest BCUT2D eigenvalue weighted by Crippen LogP contribution is -1.95. The molecule has 0 fully saturated rings. The van der Waals surface area contributed by atoms with Gasteiger partial charge in [0.05, 0.1) is 5.69 Å². The first kappa shape index (κ1) is 8.49. The number of carboxylic acids is 1. The topological polar surface area (TPSA) is 94.7 Å². The van der Waals surface area contributed by atoms with Crippen molar-refractivity contribution in [1.82, 2.24) is 20.2 Å². The molecule has 0 amide bonds. The maximum Gasteiger partial charge on any atom is 0.352 e. The molecule has 2 heterocycles. The van der Waals surface area contributed by atoms with Crippen molar-refractivity contribution in [3.8, 4) is 11.5 Å². The van der Waals surface area contributed by atoms with Crippen LogP contribution in [0.2, 0.25) is 0 Å². The Kier molecular flexibility index (Phi) is 1.81. The number of aromatic carboxylic acids is 1. The first-order chi connectivity index (χ1) is 6.66. The van der Waals surface area contributed by atoms with Crippen molar-refractivity contribution < 1.29 is 9.90 Å². The number of hydrogen-bond donors (Lipinski definition) is 3. The summed E-state index contributed by atoms with van der Waals surface area (Å²) in [5.74, 6) is 0.157. The summed E-state index contributed by atoms with van der Waals surface area (Å²) in [7, 11) is 0. The molecule has 6 nitrogen and oxygen atoms in total. The second kappa shape index (κ2) is 2.99. The molecule has 72 valence electrons. The van der Waals surface area contributed by atoms with Crippen molar-refractivity contribution in [3.63, 3.8) is 0 Å². The molecular formula is C8H8N4O2. The summed E-state index contributed by atoms with van der Waals surface area (Å²) in [6.45, 7) is 1.78. The second-order valence-corrected chi connectivity index (χ2v) is 2.84. The molecule has 0 aromatic carbocycles. The SMILES string of the molecule is Cc1nc(-c2ccc(C(=O)O)[nH]2)n[nH]1. The van der Waals surface area contributed by atoms with Crippen molar-refractivity contribution in [2.24, 2.45) is 0 Å². The van der Waals surface area contributed by atoms with E-state index in [9.17, 15) is 4.79 Å². The van der Waals surface area contributed by atoms with Crippen LogP contribution in [0.1, 0.15) is 16.3 Å². The van der Waals surface area contributed by atoms with Crippen LogP contribution in [0.4, 0.5) is 0 Å². The lowest BCUT2D eigenvalue weighted by Gasteiger charge is -1.88. The Morgan fingerprint density at radius 3 is 2.79 bits per heavy atom. The minimum absolute atomic E-state index is 0.127. The molecule has 0 unspecified atom stereocenters. The molecule has 2 aromatic rings. The predicted molar refractivity (Wildman–Crippen MR) is 47.9 cm³/mol. The number of H-pyrrole nitrogens is 2. The molecule has 0 saturated heterocycles. The van der Waals surface area contributed by atoms with Gasteiger partial charge >= 0.3 is 5.97 Å². The molecule has 3 N–H and O–H groups in total. The Labute approximate surface area is 79.0 Å². The maximum absolute atomic E-state index is 10.6. The fourth-order valence-corrected chi connectivity index (χ4v) is 1.11. The van der Waals surface area contributed by atoms with Crippen molar-refractivity contribution in [1.29, 1.82) is 0 Å². The Morgan fingerprint density at radius 1 is 1.50 bits per heavy atom. The van der Waals surface area contributed by atoms with Crippen molar-refractivity contribution in [2.75, 3.05) is 0 Å². The number of carbonyl (C=O) groups is 1. The molecule has 0 atom stereocenters. The third-order valence-corrected chi connectivity index (χ3v) is 1.75. The average molecular weight is 192 g/mol. The van der Waals surface area contributed by atoms with Gasteiger partial charge in [-0.2, -0.15) is 5.10 Å². The van der Waals surface area contributed by atoms with E-state index in [2.05, 4.69) is 20.2 Å². The number of aromatic nitrogens is 4. The first-order valence-electron chi connectivity index (χ1n) is 3.98. The van der Waals surface area contributed by atoms with Gasteiger partial charge in [-0.25, -0.2) is 9.78 Å². The average Bonchev–Trinajstić information content (AvgIpc) is 2.70. The molecule has 14 heavy (non-hydrogen) atoms. The van der Waals surface area contributed by atoms with Gasteiger partial charge in [0.1, 0.15) is 11.5 Å². The van der Waals surface area contributed by atoms with E-state index in [4.69, 9.17) is 5.11 Å². The van der Waals surface area contributed by atoms with Gasteiger partial charge in [0.2, 0.25) is 0 Å². The molecule has 2 aromatic heterocycles. The number of aromatic amines is 2. The summed E-state index contributed by atoms with van der Waals surface area (Å²) in [5.41, 5.74) is 0.717. The van der Waals surface area contributed by atoms with Crippen LogP contribution >= 0.6 is 0 Å². The van der Waals surface area contributed by atoms with E-state index in [1.54, 1.807) is 13.0 Å². The highest BCUT2D eigenvalue weighted by Crippen LogP contribution is 2.13. The number of hydrogen-bond acceptors (Lipinski definition) is 3. The third-order valence-electron chi connectivity index (χ3n) is 1.75. The highest BCUT2D eigenvalue weighted by molar-refractivity contribution is 5.86. The number of aryl methyl sites for hydroxylation is 1. The number of nitrogens with one attached hydrogen (secondary N) is 2. The Morgan fingerprint density at radius 2 is 2.29 bits per heavy atom. The van der Waals surface area contributed by atoms with Gasteiger partial charge in [-0.15, -0.1) is 0 Å². The minimum Gasteiger partial charge on any atom is -0.477 e. The zero-order valence-electron chi connectivity index (χ0n) is 7.40. The fourth-order valence-electron chi connectivity index (χ4n) is 1.11. The van der Waals surface area contributed by atoms with Crippen molar-refractivity contribution in [2.45, 2.75) is 6.92 Å². The van der Waals surface area contributed by atoms with Gasteiger partial charge in [0.15, 0.2) is 5.82 Å². The lowest BCUT2D eigenvalue weighted by molar-refractivity contribution is 0.0691. The van der Waals surface area contributed by atoms with Crippen LogP contribution in [0, 0.1) is 6.92 Å². The monoisotopic (exact) mass is 192 g/mol. The van der Waals surface area contributed by atoms with Crippen LogP contribution in [-0.4, -0.2) is 31.2 Å². The number of nitrogens with zero attached hydrogens (tertiary/aromatic N) is 2. The Balaban J connectivity index is 2.38. The van der Waals surface area contributed by atoms with Crippen molar-refractivity contribution >= 4 is 5.97 Å². The summed E-state index contributed by atoms with van der Waals surface area (Å²) in [4.78, 5) is 17.3. The zero-order valence-corrected chi connectivity index (χ0v) is 7.40. The summed E-state index contributed by atoms with van der Waals surface area (Å²) >= 11 is 0. The fraction of sp³-hybridized carbons (Fsp3) is 0.125. The lowest BCUT2D eigenvalue weighted by atomic mass is 10.4. The molecule has 0 aliphatic rings. The van der Waals surface area contributed by atoms with Gasteiger partial charge in [0.25, 0.3) is 0 Å². The maximum atomic E-state index is 10.6. The van der Waals surface area contributed by atoms with Gasteiger partial charge in [-0.1, -0.05) is 0 Å². The van der Waals surface area contributed by atoms with Crippen LogP contribution in [0.25, 0.3) is 11.5 Å². The summed E-state index contributed by atoms with van der Waals surface area (Å²) in [6.07, 6.45) is 0. The first-order valence-corrected chi connectivity index (χ1v) is 3.98. The molecule has 0 spiro atoms. The number of rotatable bonds is 2. The molecule has 2 rings (SSSR count). The second-order valence-electron chi connectivity index (χ2n) is 2.84. The molecule has 0 aliphatic carbocycles. The van der Waals surface area contributed by atoms with Gasteiger partial charge < -0.3 is 10.1 Å². The summed E-state index contributed by atoms with van der Waals surface area (Å²) in [6, 6.07) is 3.11. The van der Waals surface area contributed by atoms with Crippen LogP contribution in [0.15, 0.2) is 12.1 Å².